The molecule has 0 spiro atoms. The number of allylic oxidation sites excluding steroid dienone is 2. The largest absolute Gasteiger partial charge is 0.508 e. The maximum atomic E-state index is 14.6. The number of benzene rings is 3. The Hall–Kier alpha value is -6.14. The minimum Gasteiger partial charge on any atom is -0.508 e. The summed E-state index contributed by atoms with van der Waals surface area (Å²) in [6, 6.07) is 6.72. The van der Waals surface area contributed by atoms with Gasteiger partial charge >= 0.3 is 11.8 Å². The number of nitrogens with zero attached hydrogens (tertiary/aromatic N) is 3. The fourth-order valence-corrected chi connectivity index (χ4v) is 9.69. The van der Waals surface area contributed by atoms with Crippen LogP contribution in [0.3, 0.4) is 0 Å². The molecule has 368 valence electrons. The Kier molecular flexibility index (Phi) is 15.5. The molecule has 1 amide bonds. The number of carbonyl (C=O) groups excluding carboxylic acids is 3. The standard InChI is InChI=1S/C51H66N4O13/c1-25-14-12-15-26(2)50(64)53-41-36(21-52-55-27(3)22-54(23-28(55)4)24-34-16-13-17-35(57)20-34)45(61)38-39(46(41)62)44(60)32(8)48-40(38)49(63)51(10,68-48)66-19-18-37(65-11)29(5)47(67-33(9)56)31(7)43(59)30(6)42(25)58/h12-21,25,27-31,37,42-43,47,57-62H,22-24H2,1-11H3,(H,53,64)/t25-,27-,28+,29+,30-,31-,37+,42-,43-,47+,51-/m0/s1. The van der Waals surface area contributed by atoms with Crippen LogP contribution in [0.15, 0.2) is 65.5 Å². The Morgan fingerprint density at radius 3 is 2.24 bits per heavy atom. The Balaban J connectivity index is 1.48. The molecule has 17 nitrogen and oxygen atoms in total. The maximum Gasteiger partial charge on any atom is 0.312 e. The molecule has 3 aromatic rings. The molecule has 7 N–H and O–H groups in total. The second-order valence-electron chi connectivity index (χ2n) is 18.8. The number of anilines is 1. The van der Waals surface area contributed by atoms with Gasteiger partial charge in [-0.1, -0.05) is 58.1 Å². The lowest BCUT2D eigenvalue weighted by Crippen LogP contribution is -2.54. The quantitative estimate of drug-likeness (QED) is 0.0614. The van der Waals surface area contributed by atoms with E-state index < -0.39 is 88.8 Å². The van der Waals surface area contributed by atoms with Crippen molar-refractivity contribution in [1.29, 1.82) is 0 Å². The van der Waals surface area contributed by atoms with Gasteiger partial charge in [0.25, 0.3) is 11.7 Å². The van der Waals surface area contributed by atoms with Crippen molar-refractivity contribution in [3.63, 3.8) is 0 Å². The van der Waals surface area contributed by atoms with Crippen LogP contribution < -0.4 is 10.1 Å². The van der Waals surface area contributed by atoms with E-state index in [-0.39, 0.29) is 62.3 Å². The zero-order valence-corrected chi connectivity index (χ0v) is 40.6. The molecule has 0 radical (unpaired) electrons. The number of nitrogens with one attached hydrogen (secondary N) is 1. The van der Waals surface area contributed by atoms with Gasteiger partial charge in [0.2, 0.25) is 0 Å². The molecule has 0 aliphatic carbocycles. The highest BCUT2D eigenvalue weighted by molar-refractivity contribution is 6.23. The summed E-state index contributed by atoms with van der Waals surface area (Å²) in [5.41, 5.74) is 0.454. The van der Waals surface area contributed by atoms with Crippen molar-refractivity contribution in [2.45, 2.75) is 118 Å². The Morgan fingerprint density at radius 2 is 1.60 bits per heavy atom. The molecule has 11 atom stereocenters. The summed E-state index contributed by atoms with van der Waals surface area (Å²) >= 11 is 0. The van der Waals surface area contributed by atoms with Gasteiger partial charge in [0.05, 0.1) is 65.1 Å². The summed E-state index contributed by atoms with van der Waals surface area (Å²) in [6.07, 6.45) is 4.77. The molecule has 1 saturated heterocycles. The number of aromatic hydroxyl groups is 4. The molecule has 3 aromatic carbocycles. The minimum absolute atomic E-state index is 0.0363. The van der Waals surface area contributed by atoms with Gasteiger partial charge in [0.1, 0.15) is 29.1 Å². The van der Waals surface area contributed by atoms with Crippen LogP contribution in [0.2, 0.25) is 0 Å². The molecular formula is C51H66N4O13. The number of carbonyl (C=O) groups is 3. The minimum atomic E-state index is -2.08. The number of phenolic OH excluding ortho intramolecular Hbond substituents is 4. The monoisotopic (exact) mass is 942 g/mol. The number of ketones is 1. The van der Waals surface area contributed by atoms with Crippen LogP contribution in [0.25, 0.3) is 10.8 Å². The number of ether oxygens (including phenoxy) is 4. The number of aliphatic hydroxyl groups is 2. The van der Waals surface area contributed by atoms with Crippen molar-refractivity contribution in [2.24, 2.45) is 28.8 Å². The van der Waals surface area contributed by atoms with Crippen LogP contribution in [0, 0.1) is 30.6 Å². The first-order valence-electron chi connectivity index (χ1n) is 22.9. The lowest BCUT2D eigenvalue weighted by molar-refractivity contribution is -0.160. The molecule has 4 aliphatic heterocycles. The number of hydrogen-bond donors (Lipinski definition) is 7. The van der Waals surface area contributed by atoms with E-state index in [1.807, 2.05) is 24.9 Å². The van der Waals surface area contributed by atoms with Gasteiger partial charge in [-0.2, -0.15) is 5.10 Å². The molecule has 0 unspecified atom stereocenters. The molecule has 4 aliphatic rings. The van der Waals surface area contributed by atoms with Crippen molar-refractivity contribution < 1.29 is 64.0 Å². The first-order valence-corrected chi connectivity index (χ1v) is 22.9. The topological polar surface area (TPSA) is 240 Å². The summed E-state index contributed by atoms with van der Waals surface area (Å²) in [4.78, 5) is 43.3. The first kappa shape index (κ1) is 51.3. The molecule has 0 saturated carbocycles. The Bertz CT molecular complexity index is 2530. The highest BCUT2D eigenvalue weighted by Gasteiger charge is 2.50. The third-order valence-corrected chi connectivity index (χ3v) is 13.6. The van der Waals surface area contributed by atoms with E-state index in [2.05, 4.69) is 10.2 Å². The predicted octanol–water partition coefficient (Wildman–Crippen LogP) is 6.39. The van der Waals surface area contributed by atoms with Crippen LogP contribution in [-0.2, 0) is 30.3 Å². The molecule has 1 fully saturated rings. The predicted molar refractivity (Wildman–Crippen MR) is 256 cm³/mol. The normalized spacial score (nSPS) is 29.8. The van der Waals surface area contributed by atoms with Crippen LogP contribution >= 0.6 is 0 Å². The van der Waals surface area contributed by atoms with E-state index in [1.54, 1.807) is 58.0 Å². The Morgan fingerprint density at radius 1 is 0.926 bits per heavy atom. The smallest absolute Gasteiger partial charge is 0.312 e. The molecule has 7 rings (SSSR count). The van der Waals surface area contributed by atoms with Gasteiger partial charge in [-0.25, -0.2) is 0 Å². The van der Waals surface area contributed by atoms with Gasteiger partial charge in [0, 0.05) is 80.8 Å². The number of piperazine rings is 1. The first-order chi connectivity index (χ1) is 32.0. The number of phenols is 4. The highest BCUT2D eigenvalue weighted by Crippen LogP contribution is 2.55. The summed E-state index contributed by atoms with van der Waals surface area (Å²) in [6.45, 7) is 18.2. The number of esters is 1. The van der Waals surface area contributed by atoms with Gasteiger partial charge in [0.15, 0.2) is 5.75 Å². The van der Waals surface area contributed by atoms with Crippen molar-refractivity contribution in [2.75, 3.05) is 25.5 Å². The molecule has 0 aromatic heterocycles. The summed E-state index contributed by atoms with van der Waals surface area (Å²) < 4.78 is 23.8. The molecule has 68 heavy (non-hydrogen) atoms. The third-order valence-electron chi connectivity index (χ3n) is 13.6. The van der Waals surface area contributed by atoms with Crippen LogP contribution in [0.4, 0.5) is 5.69 Å². The number of methoxy groups -OCH3 is 1. The van der Waals surface area contributed by atoms with Crippen LogP contribution in [-0.4, -0.2) is 127 Å². The molecular weight excluding hydrogens is 877 g/mol. The van der Waals surface area contributed by atoms with Crippen LogP contribution in [0.1, 0.15) is 89.4 Å². The van der Waals surface area contributed by atoms with E-state index in [4.69, 9.17) is 24.0 Å². The number of amides is 1. The van der Waals surface area contributed by atoms with E-state index >= 15 is 0 Å². The van der Waals surface area contributed by atoms with Crippen molar-refractivity contribution in [3.8, 4) is 28.7 Å². The van der Waals surface area contributed by atoms with E-state index in [0.717, 1.165) is 5.56 Å². The van der Waals surface area contributed by atoms with Crippen molar-refractivity contribution >= 4 is 40.3 Å². The summed E-state index contributed by atoms with van der Waals surface area (Å²) in [5, 5.41) is 78.1. The van der Waals surface area contributed by atoms with Crippen molar-refractivity contribution in [1.82, 2.24) is 9.91 Å². The SMILES string of the molecule is CO[C@@H]1C=CO[C@@]2(C)Oc3c(C)c(O)c4c(O)c(c(C=NN5[C@H](C)CN(Cc6cccc(O)c6)C[C@@H]5C)c(O)c4c3C2=O)NC(=O)C(C)=CC=C[C@H](C)[C@H](O)[C@H](C)[C@H](O)[C@H](C)[C@H](OC(C)=O)[C@@H]1C. The van der Waals surface area contributed by atoms with Crippen LogP contribution in [0.5, 0.6) is 28.7 Å². The lowest BCUT2D eigenvalue weighted by Gasteiger charge is -2.42. The summed E-state index contributed by atoms with van der Waals surface area (Å²) in [5.74, 6) is -8.45. The number of Topliss-reactive ketones (excluding diaryl/α,β-unsaturated/α-hetero) is 1. The fourth-order valence-electron chi connectivity index (χ4n) is 9.69. The lowest BCUT2D eigenvalue weighted by atomic mass is 9.78. The van der Waals surface area contributed by atoms with Gasteiger partial charge in [-0.05, 0) is 51.5 Å². The van der Waals surface area contributed by atoms with Gasteiger partial charge in [-0.3, -0.25) is 24.3 Å². The summed E-state index contributed by atoms with van der Waals surface area (Å²) in [7, 11) is 1.43. The number of fused-ring (bicyclic) bond motifs is 14. The molecule has 5 bridgehead atoms. The zero-order valence-electron chi connectivity index (χ0n) is 40.6. The number of rotatable bonds is 6. The zero-order chi connectivity index (χ0) is 50.1. The molecule has 17 heteroatoms. The average Bonchev–Trinajstić information content (AvgIpc) is 3.55. The number of hydrazone groups is 1. The number of aliphatic hydroxyl groups excluding tert-OH is 2. The van der Waals surface area contributed by atoms with Gasteiger partial charge in [-0.15, -0.1) is 0 Å². The van der Waals surface area contributed by atoms with E-state index in [1.165, 1.54) is 59.4 Å². The second-order valence-corrected chi connectivity index (χ2v) is 18.8. The van der Waals surface area contributed by atoms with Crippen molar-refractivity contribution in [3.05, 3.63) is 82.7 Å². The molecule has 4 heterocycles. The van der Waals surface area contributed by atoms with E-state index in [0.29, 0.717) is 19.6 Å². The Labute approximate surface area is 396 Å². The van der Waals surface area contributed by atoms with Gasteiger partial charge < -0.3 is 54.9 Å². The third kappa shape index (κ3) is 10.2. The second kappa shape index (κ2) is 20.6. The van der Waals surface area contributed by atoms with E-state index in [9.17, 15) is 45.0 Å². The average molecular weight is 943 g/mol. The maximum absolute atomic E-state index is 14.6. The number of hydrogen-bond acceptors (Lipinski definition) is 16. The fraction of sp³-hybridized carbons (Fsp3) is 0.490. The highest BCUT2D eigenvalue weighted by atomic mass is 16.7.